The standard InChI is InChI=1S/C15H13BrN2O2S/c1-9-15(20)18(8-10-6-7-13(16)21-10)12-5-3-2-4-11(12)14(19)17-9/h2-7,9H,8H2,1H3,(H,17,19). The summed E-state index contributed by atoms with van der Waals surface area (Å²) in [6.45, 7) is 2.18. The number of carbonyl (C=O) groups excluding carboxylic acids is 2. The Balaban J connectivity index is 2.04. The summed E-state index contributed by atoms with van der Waals surface area (Å²) in [6, 6.07) is 10.6. The minimum absolute atomic E-state index is 0.0992. The molecule has 1 atom stereocenters. The van der Waals surface area contributed by atoms with Gasteiger partial charge in [-0.2, -0.15) is 0 Å². The molecule has 1 aliphatic heterocycles. The summed E-state index contributed by atoms with van der Waals surface area (Å²) in [5.74, 6) is -0.306. The van der Waals surface area contributed by atoms with Crippen molar-refractivity contribution in [1.82, 2.24) is 5.32 Å². The normalized spacial score (nSPS) is 18.2. The van der Waals surface area contributed by atoms with E-state index in [-0.39, 0.29) is 11.8 Å². The molecule has 1 N–H and O–H groups in total. The van der Waals surface area contributed by atoms with Crippen molar-refractivity contribution in [1.29, 1.82) is 0 Å². The molecule has 0 bridgehead atoms. The van der Waals surface area contributed by atoms with Crippen molar-refractivity contribution in [2.75, 3.05) is 4.90 Å². The van der Waals surface area contributed by atoms with Crippen molar-refractivity contribution in [2.45, 2.75) is 19.5 Å². The van der Waals surface area contributed by atoms with Gasteiger partial charge < -0.3 is 10.2 Å². The van der Waals surface area contributed by atoms with E-state index in [1.807, 2.05) is 24.3 Å². The maximum atomic E-state index is 12.6. The van der Waals surface area contributed by atoms with Gasteiger partial charge in [0.05, 0.1) is 21.6 Å². The summed E-state index contributed by atoms with van der Waals surface area (Å²) in [4.78, 5) is 27.5. The van der Waals surface area contributed by atoms with E-state index in [2.05, 4.69) is 21.2 Å². The van der Waals surface area contributed by atoms with Crippen molar-refractivity contribution in [2.24, 2.45) is 0 Å². The predicted octanol–water partition coefficient (Wildman–Crippen LogP) is 3.18. The summed E-state index contributed by atoms with van der Waals surface area (Å²) in [5.41, 5.74) is 1.19. The lowest BCUT2D eigenvalue weighted by atomic mass is 10.1. The Kier molecular flexibility index (Phi) is 3.82. The van der Waals surface area contributed by atoms with Gasteiger partial charge in [0.25, 0.3) is 5.91 Å². The summed E-state index contributed by atoms with van der Waals surface area (Å²) in [7, 11) is 0. The van der Waals surface area contributed by atoms with Gasteiger partial charge in [-0.25, -0.2) is 0 Å². The maximum absolute atomic E-state index is 12.6. The number of hydrogen-bond acceptors (Lipinski definition) is 3. The number of halogens is 1. The van der Waals surface area contributed by atoms with E-state index >= 15 is 0 Å². The van der Waals surface area contributed by atoms with E-state index in [9.17, 15) is 9.59 Å². The molecule has 4 nitrogen and oxygen atoms in total. The highest BCUT2D eigenvalue weighted by atomic mass is 79.9. The van der Waals surface area contributed by atoms with Crippen LogP contribution in [0.3, 0.4) is 0 Å². The number of carbonyl (C=O) groups is 2. The second-order valence-corrected chi connectivity index (χ2v) is 7.39. The largest absolute Gasteiger partial charge is 0.340 e. The number of rotatable bonds is 2. The second-order valence-electron chi connectivity index (χ2n) is 4.84. The lowest BCUT2D eigenvalue weighted by Crippen LogP contribution is -2.43. The molecule has 1 aliphatic rings. The first-order chi connectivity index (χ1) is 10.1. The molecule has 0 saturated carbocycles. The molecular formula is C15H13BrN2O2S. The first-order valence-corrected chi connectivity index (χ1v) is 8.12. The van der Waals surface area contributed by atoms with Gasteiger partial charge in [0.2, 0.25) is 5.91 Å². The van der Waals surface area contributed by atoms with Crippen molar-refractivity contribution < 1.29 is 9.59 Å². The molecule has 2 aromatic rings. The van der Waals surface area contributed by atoms with Crippen LogP contribution in [0.15, 0.2) is 40.2 Å². The lowest BCUT2D eigenvalue weighted by Gasteiger charge is -2.23. The second kappa shape index (κ2) is 5.61. The molecule has 1 aromatic carbocycles. The van der Waals surface area contributed by atoms with Crippen molar-refractivity contribution in [3.8, 4) is 0 Å². The fourth-order valence-corrected chi connectivity index (χ4v) is 3.82. The van der Waals surface area contributed by atoms with E-state index < -0.39 is 6.04 Å². The third-order valence-electron chi connectivity index (χ3n) is 3.37. The molecule has 2 heterocycles. The van der Waals surface area contributed by atoms with Crippen molar-refractivity contribution in [3.63, 3.8) is 0 Å². The zero-order chi connectivity index (χ0) is 15.0. The molecular weight excluding hydrogens is 352 g/mol. The summed E-state index contributed by atoms with van der Waals surface area (Å²) in [5, 5.41) is 2.73. The van der Waals surface area contributed by atoms with E-state index in [0.717, 1.165) is 8.66 Å². The molecule has 0 aliphatic carbocycles. The third-order valence-corrected chi connectivity index (χ3v) is 4.97. The minimum atomic E-state index is -0.534. The van der Waals surface area contributed by atoms with Crippen LogP contribution in [0.1, 0.15) is 22.2 Å². The summed E-state index contributed by atoms with van der Waals surface area (Å²) in [6.07, 6.45) is 0. The monoisotopic (exact) mass is 364 g/mol. The smallest absolute Gasteiger partial charge is 0.254 e. The van der Waals surface area contributed by atoms with Crippen LogP contribution in [0.25, 0.3) is 0 Å². The Labute approximate surface area is 134 Å². The SMILES string of the molecule is CC1NC(=O)c2ccccc2N(Cc2ccc(Br)s2)C1=O. The van der Waals surface area contributed by atoms with Gasteiger partial charge >= 0.3 is 0 Å². The van der Waals surface area contributed by atoms with Crippen LogP contribution in [0.2, 0.25) is 0 Å². The van der Waals surface area contributed by atoms with E-state index in [0.29, 0.717) is 17.8 Å². The summed E-state index contributed by atoms with van der Waals surface area (Å²) >= 11 is 5.01. The van der Waals surface area contributed by atoms with Gasteiger partial charge in [0.15, 0.2) is 0 Å². The van der Waals surface area contributed by atoms with Gasteiger partial charge in [-0.15, -0.1) is 11.3 Å². The zero-order valence-corrected chi connectivity index (χ0v) is 13.7. The molecule has 2 amide bonds. The highest BCUT2D eigenvalue weighted by Gasteiger charge is 2.31. The third kappa shape index (κ3) is 2.73. The molecule has 6 heteroatoms. The highest BCUT2D eigenvalue weighted by Crippen LogP contribution is 2.29. The lowest BCUT2D eigenvalue weighted by molar-refractivity contribution is -0.120. The van der Waals surface area contributed by atoms with Crippen LogP contribution in [0.4, 0.5) is 5.69 Å². The zero-order valence-electron chi connectivity index (χ0n) is 11.3. The topological polar surface area (TPSA) is 49.4 Å². The Morgan fingerprint density at radius 2 is 2.00 bits per heavy atom. The molecule has 21 heavy (non-hydrogen) atoms. The van der Waals surface area contributed by atoms with Crippen molar-refractivity contribution >= 4 is 44.8 Å². The average Bonchev–Trinajstić information content (AvgIpc) is 2.85. The Hall–Kier alpha value is -1.66. The minimum Gasteiger partial charge on any atom is -0.340 e. The number of para-hydroxylation sites is 1. The quantitative estimate of drug-likeness (QED) is 0.889. The van der Waals surface area contributed by atoms with Crippen LogP contribution in [0, 0.1) is 0 Å². The van der Waals surface area contributed by atoms with E-state index in [1.54, 1.807) is 35.3 Å². The average molecular weight is 365 g/mol. The molecule has 0 saturated heterocycles. The fraction of sp³-hybridized carbons (Fsp3) is 0.200. The molecule has 3 rings (SSSR count). The van der Waals surface area contributed by atoms with Crippen LogP contribution in [-0.2, 0) is 11.3 Å². The number of hydrogen-bond donors (Lipinski definition) is 1. The highest BCUT2D eigenvalue weighted by molar-refractivity contribution is 9.11. The number of fused-ring (bicyclic) bond motifs is 1. The van der Waals surface area contributed by atoms with Gasteiger partial charge in [-0.3, -0.25) is 9.59 Å². The first-order valence-electron chi connectivity index (χ1n) is 6.52. The number of anilines is 1. The van der Waals surface area contributed by atoms with Crippen LogP contribution >= 0.6 is 27.3 Å². The summed E-state index contributed by atoms with van der Waals surface area (Å²) < 4.78 is 1.02. The first kappa shape index (κ1) is 14.3. The predicted molar refractivity (Wildman–Crippen MR) is 86.6 cm³/mol. The van der Waals surface area contributed by atoms with Gasteiger partial charge in [0.1, 0.15) is 6.04 Å². The van der Waals surface area contributed by atoms with Crippen LogP contribution in [-0.4, -0.2) is 17.9 Å². The Morgan fingerprint density at radius 3 is 2.71 bits per heavy atom. The van der Waals surface area contributed by atoms with Crippen LogP contribution in [0.5, 0.6) is 0 Å². The number of amides is 2. The number of nitrogens with one attached hydrogen (secondary N) is 1. The molecule has 0 radical (unpaired) electrons. The number of benzene rings is 1. The fourth-order valence-electron chi connectivity index (χ4n) is 2.35. The number of nitrogens with zero attached hydrogens (tertiary/aromatic N) is 1. The molecule has 1 aromatic heterocycles. The molecule has 0 fully saturated rings. The molecule has 108 valence electrons. The molecule has 0 spiro atoms. The maximum Gasteiger partial charge on any atom is 0.254 e. The van der Waals surface area contributed by atoms with Crippen molar-refractivity contribution in [3.05, 3.63) is 50.6 Å². The van der Waals surface area contributed by atoms with E-state index in [1.165, 1.54) is 0 Å². The van der Waals surface area contributed by atoms with Gasteiger partial charge in [-0.05, 0) is 47.1 Å². The number of thiophene rings is 1. The Morgan fingerprint density at radius 1 is 1.24 bits per heavy atom. The van der Waals surface area contributed by atoms with Crippen LogP contribution < -0.4 is 10.2 Å². The Bertz CT molecular complexity index is 713. The van der Waals surface area contributed by atoms with Gasteiger partial charge in [0, 0.05) is 4.88 Å². The van der Waals surface area contributed by atoms with Gasteiger partial charge in [-0.1, -0.05) is 12.1 Å². The molecule has 1 unspecified atom stereocenters. The van der Waals surface area contributed by atoms with E-state index in [4.69, 9.17) is 0 Å².